The molecular formula is C28H26N4O3S. The molecule has 0 saturated carbocycles. The highest BCUT2D eigenvalue weighted by atomic mass is 32.2. The molecule has 2 aromatic carbocycles. The van der Waals surface area contributed by atoms with E-state index >= 15 is 0 Å². The maximum absolute atomic E-state index is 13.4. The highest BCUT2D eigenvalue weighted by Crippen LogP contribution is 2.41. The number of hydrogen-bond acceptors (Lipinski definition) is 6. The number of carbonyl (C=O) groups is 2. The van der Waals surface area contributed by atoms with Crippen LogP contribution in [0.1, 0.15) is 29.7 Å². The van der Waals surface area contributed by atoms with Crippen molar-refractivity contribution >= 4 is 35.0 Å². The second kappa shape index (κ2) is 11.0. The van der Waals surface area contributed by atoms with E-state index in [-0.39, 0.29) is 17.6 Å². The minimum Gasteiger partial charge on any atom is -0.468 e. The van der Waals surface area contributed by atoms with Crippen molar-refractivity contribution in [1.82, 2.24) is 5.32 Å². The molecule has 0 unspecified atom stereocenters. The number of benzene rings is 2. The molecule has 1 aromatic heterocycles. The molecular weight excluding hydrogens is 472 g/mol. The van der Waals surface area contributed by atoms with Gasteiger partial charge in [0.15, 0.2) is 0 Å². The zero-order chi connectivity index (χ0) is 25.7. The van der Waals surface area contributed by atoms with E-state index in [4.69, 9.17) is 4.42 Å². The normalized spacial score (nSPS) is 15.2. The molecule has 0 spiro atoms. The van der Waals surface area contributed by atoms with Gasteiger partial charge in [-0.15, -0.1) is 0 Å². The Morgan fingerprint density at radius 3 is 2.44 bits per heavy atom. The summed E-state index contributed by atoms with van der Waals surface area (Å²) in [4.78, 5) is 26.0. The molecule has 1 aliphatic heterocycles. The van der Waals surface area contributed by atoms with Crippen LogP contribution in [0.4, 0.5) is 11.4 Å². The minimum absolute atomic E-state index is 0.0877. The van der Waals surface area contributed by atoms with Gasteiger partial charge in [0, 0.05) is 17.1 Å². The first-order valence-electron chi connectivity index (χ1n) is 11.4. The molecule has 4 rings (SSSR count). The number of dihydropyridines is 1. The van der Waals surface area contributed by atoms with Gasteiger partial charge in [0.1, 0.15) is 5.76 Å². The molecule has 182 valence electrons. The fraction of sp³-hybridized carbons (Fsp3) is 0.179. The average Bonchev–Trinajstić information content (AvgIpc) is 3.38. The molecule has 7 nitrogen and oxygen atoms in total. The fourth-order valence-electron chi connectivity index (χ4n) is 3.96. The number of nitriles is 1. The lowest BCUT2D eigenvalue weighted by molar-refractivity contribution is -0.114. The van der Waals surface area contributed by atoms with Gasteiger partial charge < -0.3 is 20.4 Å². The van der Waals surface area contributed by atoms with Crippen LogP contribution in [0.25, 0.3) is 0 Å². The van der Waals surface area contributed by atoms with E-state index in [9.17, 15) is 14.9 Å². The maximum atomic E-state index is 13.4. The van der Waals surface area contributed by atoms with Gasteiger partial charge in [-0.3, -0.25) is 9.59 Å². The summed E-state index contributed by atoms with van der Waals surface area (Å²) in [5.41, 5.74) is 4.77. The first kappa shape index (κ1) is 24.9. The molecule has 0 radical (unpaired) electrons. The highest BCUT2D eigenvalue weighted by Gasteiger charge is 2.36. The number of aryl methyl sites for hydroxylation is 2. The van der Waals surface area contributed by atoms with Crippen molar-refractivity contribution in [3.05, 3.63) is 106 Å². The molecule has 3 N–H and O–H groups in total. The second-order valence-electron chi connectivity index (χ2n) is 8.49. The molecule has 3 aromatic rings. The Kier molecular flexibility index (Phi) is 7.62. The van der Waals surface area contributed by atoms with Crippen LogP contribution in [-0.2, 0) is 9.59 Å². The number of nitrogens with one attached hydrogen (secondary N) is 3. The molecule has 8 heteroatoms. The van der Waals surface area contributed by atoms with Gasteiger partial charge in [0.05, 0.1) is 40.2 Å². The number of nitrogens with zero attached hydrogens (tertiary/aromatic N) is 1. The van der Waals surface area contributed by atoms with Crippen molar-refractivity contribution in [1.29, 1.82) is 5.26 Å². The number of carbonyl (C=O) groups excluding carboxylic acids is 2. The maximum Gasteiger partial charge on any atom is 0.254 e. The van der Waals surface area contributed by atoms with Crippen molar-refractivity contribution in [3.63, 3.8) is 0 Å². The summed E-state index contributed by atoms with van der Waals surface area (Å²) in [5.74, 6) is -0.678. The predicted octanol–water partition coefficient (Wildman–Crippen LogP) is 5.60. The third kappa shape index (κ3) is 5.70. The van der Waals surface area contributed by atoms with Gasteiger partial charge in [-0.2, -0.15) is 5.26 Å². The van der Waals surface area contributed by atoms with Crippen molar-refractivity contribution in [3.8, 4) is 6.07 Å². The summed E-state index contributed by atoms with van der Waals surface area (Å²) in [7, 11) is 0. The third-order valence-electron chi connectivity index (χ3n) is 5.68. The van der Waals surface area contributed by atoms with E-state index in [2.05, 4.69) is 22.0 Å². The van der Waals surface area contributed by atoms with Crippen molar-refractivity contribution in [2.45, 2.75) is 26.7 Å². The molecule has 0 bridgehead atoms. The van der Waals surface area contributed by atoms with Crippen LogP contribution in [0.2, 0.25) is 0 Å². The molecule has 0 fully saturated rings. The molecule has 1 aliphatic rings. The summed E-state index contributed by atoms with van der Waals surface area (Å²) in [6.07, 6.45) is 1.51. The molecule has 0 saturated heterocycles. The summed E-state index contributed by atoms with van der Waals surface area (Å²) in [5, 5.41) is 19.6. The third-order valence-corrected chi connectivity index (χ3v) is 6.70. The van der Waals surface area contributed by atoms with Crippen LogP contribution >= 0.6 is 11.8 Å². The van der Waals surface area contributed by atoms with Gasteiger partial charge >= 0.3 is 0 Å². The zero-order valence-corrected chi connectivity index (χ0v) is 21.0. The minimum atomic E-state index is -0.710. The number of anilines is 2. The monoisotopic (exact) mass is 498 g/mol. The number of rotatable bonds is 7. The van der Waals surface area contributed by atoms with Gasteiger partial charge in [-0.05, 0) is 62.7 Å². The Bertz CT molecular complexity index is 1380. The second-order valence-corrected chi connectivity index (χ2v) is 9.48. The lowest BCUT2D eigenvalue weighted by atomic mass is 9.85. The Morgan fingerprint density at radius 2 is 1.78 bits per heavy atom. The number of furan rings is 1. The smallest absolute Gasteiger partial charge is 0.254 e. The zero-order valence-electron chi connectivity index (χ0n) is 20.2. The SMILES string of the molecule is CC1=C(C(=O)Nc2cccc(C)c2)[C@@H](c2ccco2)C(C#N)=C(SCC(=O)Nc2ccc(C)cc2)N1. The van der Waals surface area contributed by atoms with Crippen LogP contribution < -0.4 is 16.0 Å². The van der Waals surface area contributed by atoms with Crippen molar-refractivity contribution < 1.29 is 14.0 Å². The Hall–Kier alpha value is -4.22. The Balaban J connectivity index is 1.57. The van der Waals surface area contributed by atoms with E-state index < -0.39 is 5.92 Å². The van der Waals surface area contributed by atoms with Gasteiger partial charge in [-0.25, -0.2) is 0 Å². The molecule has 0 aliphatic carbocycles. The van der Waals surface area contributed by atoms with Crippen LogP contribution in [0.3, 0.4) is 0 Å². The van der Waals surface area contributed by atoms with Crippen LogP contribution in [0.15, 0.2) is 93.2 Å². The summed E-state index contributed by atoms with van der Waals surface area (Å²) in [6, 6.07) is 20.7. The lowest BCUT2D eigenvalue weighted by Crippen LogP contribution is -2.31. The fourth-order valence-corrected chi connectivity index (χ4v) is 4.85. The number of amides is 2. The van der Waals surface area contributed by atoms with Crippen molar-refractivity contribution in [2.75, 3.05) is 16.4 Å². The van der Waals surface area contributed by atoms with Gasteiger partial charge in [0.25, 0.3) is 5.91 Å². The summed E-state index contributed by atoms with van der Waals surface area (Å²) < 4.78 is 5.65. The van der Waals surface area contributed by atoms with E-state index in [0.29, 0.717) is 39.0 Å². The number of hydrogen-bond donors (Lipinski definition) is 3. The predicted molar refractivity (Wildman–Crippen MR) is 142 cm³/mol. The van der Waals surface area contributed by atoms with Crippen molar-refractivity contribution in [2.24, 2.45) is 0 Å². The quantitative estimate of drug-likeness (QED) is 0.391. The number of thioether (sulfide) groups is 1. The average molecular weight is 499 g/mol. The van der Waals surface area contributed by atoms with Crippen LogP contribution in [0.5, 0.6) is 0 Å². The van der Waals surface area contributed by atoms with Crippen LogP contribution in [-0.4, -0.2) is 17.6 Å². The molecule has 36 heavy (non-hydrogen) atoms. The Labute approximate surface area is 214 Å². The number of allylic oxidation sites excluding steroid dienone is 2. The van der Waals surface area contributed by atoms with Gasteiger partial charge in [-0.1, -0.05) is 41.6 Å². The topological polar surface area (TPSA) is 107 Å². The standard InChI is InChI=1S/C28H26N4O3S/c1-17-9-11-20(12-10-17)31-24(33)16-36-28-22(15-29)26(23-8-5-13-35-23)25(19(3)30-28)27(34)32-21-7-4-6-18(2)14-21/h4-14,26,30H,16H2,1-3H3,(H,31,33)(H,32,34)/t26-/m1/s1. The first-order valence-corrected chi connectivity index (χ1v) is 12.4. The first-order chi connectivity index (χ1) is 17.4. The van der Waals surface area contributed by atoms with E-state index in [1.807, 2.05) is 62.4 Å². The summed E-state index contributed by atoms with van der Waals surface area (Å²) in [6.45, 7) is 5.71. The Morgan fingerprint density at radius 1 is 1.00 bits per heavy atom. The highest BCUT2D eigenvalue weighted by molar-refractivity contribution is 8.03. The van der Waals surface area contributed by atoms with Crippen LogP contribution in [0, 0.1) is 25.2 Å². The molecule has 2 heterocycles. The molecule has 2 amide bonds. The summed E-state index contributed by atoms with van der Waals surface area (Å²) >= 11 is 1.21. The van der Waals surface area contributed by atoms with E-state index in [1.165, 1.54) is 18.0 Å². The van der Waals surface area contributed by atoms with E-state index in [0.717, 1.165) is 11.1 Å². The molecule has 1 atom stereocenters. The largest absolute Gasteiger partial charge is 0.468 e. The van der Waals surface area contributed by atoms with E-state index in [1.54, 1.807) is 19.1 Å². The lowest BCUT2D eigenvalue weighted by Gasteiger charge is -2.28. The van der Waals surface area contributed by atoms with Gasteiger partial charge in [0.2, 0.25) is 5.91 Å².